The van der Waals surface area contributed by atoms with Crippen LogP contribution in [0.2, 0.25) is 0 Å². The highest BCUT2D eigenvalue weighted by molar-refractivity contribution is 5.14. The third-order valence-corrected chi connectivity index (χ3v) is 2.51. The van der Waals surface area contributed by atoms with Gasteiger partial charge in [0.15, 0.2) is 0 Å². The summed E-state index contributed by atoms with van der Waals surface area (Å²) < 4.78 is 1.71. The summed E-state index contributed by atoms with van der Waals surface area (Å²) in [5.41, 5.74) is 2.62. The molecule has 0 saturated carbocycles. The molecule has 0 radical (unpaired) electrons. The van der Waals surface area contributed by atoms with Gasteiger partial charge in [-0.2, -0.15) is 5.10 Å². The van der Waals surface area contributed by atoms with Crippen LogP contribution in [0.15, 0.2) is 30.5 Å². The van der Waals surface area contributed by atoms with E-state index in [1.165, 1.54) is 0 Å². The second-order valence-corrected chi connectivity index (χ2v) is 3.88. The number of aliphatic hydroxyl groups is 1. The van der Waals surface area contributed by atoms with Gasteiger partial charge in [0.1, 0.15) is 6.10 Å². The second kappa shape index (κ2) is 4.45. The Bertz CT molecular complexity index is 464. The molecule has 16 heavy (non-hydrogen) atoms. The van der Waals surface area contributed by atoms with Gasteiger partial charge >= 0.3 is 0 Å². The molecule has 0 aliphatic heterocycles. The molecule has 0 saturated heterocycles. The van der Waals surface area contributed by atoms with Gasteiger partial charge in [-0.25, -0.2) is 0 Å². The van der Waals surface area contributed by atoms with Gasteiger partial charge in [0.05, 0.1) is 11.4 Å². The first-order chi connectivity index (χ1) is 7.66. The molecule has 0 bridgehead atoms. The lowest BCUT2D eigenvalue weighted by molar-refractivity contribution is 0.167. The van der Waals surface area contributed by atoms with Gasteiger partial charge in [0.25, 0.3) is 0 Å². The Morgan fingerprint density at radius 3 is 2.81 bits per heavy atom. The van der Waals surface area contributed by atoms with Crippen molar-refractivity contribution >= 4 is 0 Å². The predicted octanol–water partition coefficient (Wildman–Crippen LogP) is 1.40. The maximum atomic E-state index is 10.1. The molecule has 2 aromatic rings. The van der Waals surface area contributed by atoms with Crippen LogP contribution in [0.25, 0.3) is 0 Å². The molecule has 0 fully saturated rings. The van der Waals surface area contributed by atoms with E-state index < -0.39 is 6.10 Å². The van der Waals surface area contributed by atoms with E-state index in [-0.39, 0.29) is 0 Å². The fourth-order valence-electron chi connectivity index (χ4n) is 1.76. The van der Waals surface area contributed by atoms with E-state index in [1.807, 2.05) is 38.2 Å². The summed E-state index contributed by atoms with van der Waals surface area (Å²) in [6, 6.07) is 7.59. The summed E-state index contributed by atoms with van der Waals surface area (Å²) >= 11 is 0. The molecule has 1 unspecified atom stereocenters. The van der Waals surface area contributed by atoms with E-state index in [2.05, 4.69) is 10.1 Å². The number of aliphatic hydroxyl groups excluding tert-OH is 1. The normalized spacial score (nSPS) is 12.7. The van der Waals surface area contributed by atoms with Gasteiger partial charge in [0, 0.05) is 25.4 Å². The number of hydrogen-bond acceptors (Lipinski definition) is 3. The van der Waals surface area contributed by atoms with Crippen molar-refractivity contribution in [2.24, 2.45) is 7.05 Å². The summed E-state index contributed by atoms with van der Waals surface area (Å²) in [4.78, 5) is 4.19. The van der Waals surface area contributed by atoms with Crippen LogP contribution < -0.4 is 0 Å². The molecule has 1 N–H and O–H groups in total. The summed E-state index contributed by atoms with van der Waals surface area (Å²) in [6.07, 6.45) is 1.69. The van der Waals surface area contributed by atoms with Crippen LogP contribution >= 0.6 is 0 Å². The average Bonchev–Trinajstić information content (AvgIpc) is 2.59. The fourth-order valence-corrected chi connectivity index (χ4v) is 1.76. The molecule has 0 spiro atoms. The zero-order chi connectivity index (χ0) is 11.5. The third kappa shape index (κ3) is 2.28. The van der Waals surface area contributed by atoms with Crippen molar-refractivity contribution in [2.75, 3.05) is 0 Å². The molecule has 1 atom stereocenters. The summed E-state index contributed by atoms with van der Waals surface area (Å²) in [5.74, 6) is 0. The fraction of sp³-hybridized carbons (Fsp3) is 0.333. The molecule has 2 heterocycles. The Morgan fingerprint density at radius 1 is 1.44 bits per heavy atom. The maximum absolute atomic E-state index is 10.1. The number of pyridine rings is 1. The average molecular weight is 217 g/mol. The van der Waals surface area contributed by atoms with Crippen molar-refractivity contribution in [3.8, 4) is 0 Å². The van der Waals surface area contributed by atoms with Crippen molar-refractivity contribution in [1.82, 2.24) is 14.8 Å². The third-order valence-electron chi connectivity index (χ3n) is 2.51. The van der Waals surface area contributed by atoms with Gasteiger partial charge in [-0.05, 0) is 25.1 Å². The van der Waals surface area contributed by atoms with E-state index in [0.717, 1.165) is 17.1 Å². The Kier molecular flexibility index (Phi) is 3.01. The molecule has 4 nitrogen and oxygen atoms in total. The van der Waals surface area contributed by atoms with Crippen LogP contribution in [-0.4, -0.2) is 19.9 Å². The Hall–Kier alpha value is -1.68. The van der Waals surface area contributed by atoms with Crippen molar-refractivity contribution in [3.05, 3.63) is 47.5 Å². The van der Waals surface area contributed by atoms with Crippen LogP contribution in [0.3, 0.4) is 0 Å². The van der Waals surface area contributed by atoms with E-state index in [4.69, 9.17) is 0 Å². The van der Waals surface area contributed by atoms with E-state index >= 15 is 0 Å². The quantitative estimate of drug-likeness (QED) is 0.845. The lowest BCUT2D eigenvalue weighted by Crippen LogP contribution is -2.08. The highest BCUT2D eigenvalue weighted by Crippen LogP contribution is 2.17. The lowest BCUT2D eigenvalue weighted by Gasteiger charge is -2.09. The monoisotopic (exact) mass is 217 g/mol. The topological polar surface area (TPSA) is 50.9 Å². The van der Waals surface area contributed by atoms with Crippen LogP contribution in [0.4, 0.5) is 0 Å². The number of hydrogen-bond donors (Lipinski definition) is 1. The number of aromatic nitrogens is 3. The SMILES string of the molecule is Cc1cc(C(O)Cc2ccccn2)n(C)n1. The van der Waals surface area contributed by atoms with Crippen molar-refractivity contribution in [3.63, 3.8) is 0 Å². The molecule has 84 valence electrons. The largest absolute Gasteiger partial charge is 0.386 e. The highest BCUT2D eigenvalue weighted by atomic mass is 16.3. The first-order valence-corrected chi connectivity index (χ1v) is 5.25. The van der Waals surface area contributed by atoms with Crippen molar-refractivity contribution < 1.29 is 5.11 Å². The van der Waals surface area contributed by atoms with Gasteiger partial charge in [-0.1, -0.05) is 6.07 Å². The Labute approximate surface area is 94.6 Å². The Morgan fingerprint density at radius 2 is 2.25 bits per heavy atom. The smallest absolute Gasteiger partial charge is 0.101 e. The van der Waals surface area contributed by atoms with Crippen LogP contribution in [-0.2, 0) is 13.5 Å². The predicted molar refractivity (Wildman–Crippen MR) is 60.8 cm³/mol. The first-order valence-electron chi connectivity index (χ1n) is 5.25. The maximum Gasteiger partial charge on any atom is 0.101 e. The zero-order valence-electron chi connectivity index (χ0n) is 9.46. The van der Waals surface area contributed by atoms with Crippen LogP contribution in [0.1, 0.15) is 23.2 Å². The lowest BCUT2D eigenvalue weighted by atomic mass is 10.1. The zero-order valence-corrected chi connectivity index (χ0v) is 9.46. The molecule has 0 amide bonds. The molecular weight excluding hydrogens is 202 g/mol. The summed E-state index contributed by atoms with van der Waals surface area (Å²) in [5, 5.41) is 14.3. The van der Waals surface area contributed by atoms with E-state index in [9.17, 15) is 5.11 Å². The number of nitrogens with zero attached hydrogens (tertiary/aromatic N) is 3. The van der Waals surface area contributed by atoms with Gasteiger partial charge in [0.2, 0.25) is 0 Å². The standard InChI is InChI=1S/C12H15N3O/c1-9-7-11(15(2)14-9)12(16)8-10-5-3-4-6-13-10/h3-7,12,16H,8H2,1-2H3. The molecule has 2 aromatic heterocycles. The van der Waals surface area contributed by atoms with Crippen LogP contribution in [0, 0.1) is 6.92 Å². The van der Waals surface area contributed by atoms with Gasteiger partial charge in [-0.15, -0.1) is 0 Å². The van der Waals surface area contributed by atoms with E-state index in [0.29, 0.717) is 6.42 Å². The first kappa shape index (κ1) is 10.8. The van der Waals surface area contributed by atoms with Gasteiger partial charge < -0.3 is 5.11 Å². The minimum absolute atomic E-state index is 0.514. The second-order valence-electron chi connectivity index (χ2n) is 3.88. The minimum atomic E-state index is -0.555. The molecule has 0 aliphatic rings. The number of aryl methyl sites for hydroxylation is 2. The van der Waals surface area contributed by atoms with E-state index in [1.54, 1.807) is 10.9 Å². The van der Waals surface area contributed by atoms with Crippen LogP contribution in [0.5, 0.6) is 0 Å². The van der Waals surface area contributed by atoms with Gasteiger partial charge in [-0.3, -0.25) is 9.67 Å². The molecule has 2 rings (SSSR count). The molecule has 4 heteroatoms. The molecular formula is C12H15N3O. The highest BCUT2D eigenvalue weighted by Gasteiger charge is 2.13. The summed E-state index contributed by atoms with van der Waals surface area (Å²) in [6.45, 7) is 1.91. The summed E-state index contributed by atoms with van der Waals surface area (Å²) in [7, 11) is 1.84. The van der Waals surface area contributed by atoms with Crippen molar-refractivity contribution in [2.45, 2.75) is 19.4 Å². The minimum Gasteiger partial charge on any atom is -0.386 e. The number of rotatable bonds is 3. The van der Waals surface area contributed by atoms with Crippen molar-refractivity contribution in [1.29, 1.82) is 0 Å². The molecule has 0 aromatic carbocycles. The Balaban J connectivity index is 2.14. The molecule has 0 aliphatic carbocycles.